The number of esters is 1. The van der Waals surface area contributed by atoms with Crippen LogP contribution in [0.25, 0.3) is 0 Å². The van der Waals surface area contributed by atoms with Gasteiger partial charge in [-0.15, -0.1) is 0 Å². The van der Waals surface area contributed by atoms with Crippen LogP contribution in [0, 0.1) is 0 Å². The Kier molecular flexibility index (Phi) is 12.9. The first-order chi connectivity index (χ1) is 10.8. The molecule has 8 nitrogen and oxygen atoms in total. The van der Waals surface area contributed by atoms with Gasteiger partial charge >= 0.3 is 27.6 Å². The highest BCUT2D eigenvalue weighted by Crippen LogP contribution is 2.20. The van der Waals surface area contributed by atoms with Crippen LogP contribution in [-0.4, -0.2) is 60.2 Å². The summed E-state index contributed by atoms with van der Waals surface area (Å²) in [5.41, 5.74) is 0.00805. The molecule has 0 aromatic heterocycles. The molecule has 0 radical (unpaired) electrons. The molecule has 144 valence electrons. The van der Waals surface area contributed by atoms with Gasteiger partial charge in [0.1, 0.15) is 6.04 Å². The second-order valence-corrected chi connectivity index (χ2v) is 6.94. The van der Waals surface area contributed by atoms with Crippen molar-refractivity contribution < 1.29 is 45.6 Å². The summed E-state index contributed by atoms with van der Waals surface area (Å²) in [5, 5.41) is 8.40. The van der Waals surface area contributed by atoms with Crippen molar-refractivity contribution in [3.8, 4) is 0 Å². The van der Waals surface area contributed by atoms with Gasteiger partial charge in [-0.05, 0) is 30.8 Å². The molecule has 0 aromatic carbocycles. The van der Waals surface area contributed by atoms with Crippen molar-refractivity contribution in [1.82, 2.24) is 0 Å². The minimum Gasteiger partial charge on any atom is -0.481 e. The van der Waals surface area contributed by atoms with E-state index in [-0.39, 0.29) is 12.4 Å². The Morgan fingerprint density at radius 1 is 1.25 bits per heavy atom. The molecule has 13 heteroatoms. The zero-order chi connectivity index (χ0) is 19.4. The van der Waals surface area contributed by atoms with Crippen molar-refractivity contribution in [3.05, 3.63) is 0 Å². The molecule has 0 bridgehead atoms. The van der Waals surface area contributed by atoms with Gasteiger partial charge in [0.25, 0.3) is 0 Å². The molecule has 0 heterocycles. The first kappa shape index (κ1) is 25.2. The summed E-state index contributed by atoms with van der Waals surface area (Å²) in [5.74, 6) is 0.564. The first-order valence-corrected chi connectivity index (χ1v) is 9.09. The molecule has 0 aliphatic carbocycles. The van der Waals surface area contributed by atoms with E-state index in [4.69, 9.17) is 23.8 Å². The molecule has 0 aromatic rings. The van der Waals surface area contributed by atoms with Crippen LogP contribution in [0.4, 0.5) is 13.2 Å². The quantitative estimate of drug-likeness (QED) is 0.226. The molecule has 0 saturated heterocycles. The monoisotopic (exact) mass is 399 g/mol. The third-order valence-corrected chi connectivity index (χ3v) is 3.99. The number of methoxy groups -OCH3 is 1. The average molecular weight is 399 g/mol. The van der Waals surface area contributed by atoms with E-state index in [0.717, 1.165) is 17.9 Å². The van der Waals surface area contributed by atoms with Gasteiger partial charge < -0.3 is 15.6 Å². The normalized spacial score (nSPS) is 12.8. The molecule has 4 N–H and O–H groups in total. The van der Waals surface area contributed by atoms with Crippen LogP contribution in [0.1, 0.15) is 25.7 Å². The largest absolute Gasteiger partial charge is 0.522 e. The molecular weight excluding hydrogens is 379 g/mol. The van der Waals surface area contributed by atoms with Crippen molar-refractivity contribution in [2.45, 2.75) is 37.2 Å². The van der Waals surface area contributed by atoms with E-state index >= 15 is 0 Å². The van der Waals surface area contributed by atoms with Gasteiger partial charge in [-0.2, -0.15) is 33.4 Å². The number of carboxylic acids is 1. The standard InChI is InChI=1S/C10H19NO4S.CHF3O3S/c1-15-10(14)8(11)5-7-16-6-3-2-4-9(12)13;2-1(3,4)8(5,6)7/h8H,2-7,11H2,1H3,(H,12,13);(H,5,6,7). The fourth-order valence-corrected chi connectivity index (χ4v) is 2.09. The molecule has 0 aliphatic rings. The minimum absolute atomic E-state index is 0.224. The van der Waals surface area contributed by atoms with E-state index in [1.165, 1.54) is 7.11 Å². The molecular formula is C11H20F3NO7S2. The first-order valence-electron chi connectivity index (χ1n) is 6.49. The maximum atomic E-state index is 10.9. The summed E-state index contributed by atoms with van der Waals surface area (Å²) in [7, 11) is -4.52. The maximum absolute atomic E-state index is 10.9. The number of thioether (sulfide) groups is 1. The molecule has 0 spiro atoms. The molecule has 1 unspecified atom stereocenters. The average Bonchev–Trinajstić information content (AvgIpc) is 2.43. The summed E-state index contributed by atoms with van der Waals surface area (Å²) < 4.78 is 62.0. The highest BCUT2D eigenvalue weighted by molar-refractivity contribution is 7.99. The number of nitrogens with two attached hydrogens (primary N) is 1. The number of carboxylic acid groups (broad SMARTS) is 1. The molecule has 0 amide bonds. The molecule has 0 saturated carbocycles. The SMILES string of the molecule is COC(=O)C(N)CCSCCCCC(=O)O.O=S(=O)(O)C(F)(F)F. The second-order valence-electron chi connectivity index (χ2n) is 4.30. The Morgan fingerprint density at radius 2 is 1.75 bits per heavy atom. The van der Waals surface area contributed by atoms with Crippen molar-refractivity contribution in [3.63, 3.8) is 0 Å². The van der Waals surface area contributed by atoms with E-state index in [1.807, 2.05) is 0 Å². The van der Waals surface area contributed by atoms with Crippen LogP contribution in [-0.2, 0) is 24.4 Å². The van der Waals surface area contributed by atoms with Crippen LogP contribution in [0.5, 0.6) is 0 Å². The molecule has 1 atom stereocenters. The Hall–Kier alpha value is -1.05. The van der Waals surface area contributed by atoms with E-state index < -0.39 is 27.6 Å². The number of ether oxygens (including phenoxy) is 1. The fourth-order valence-electron chi connectivity index (χ4n) is 1.06. The maximum Gasteiger partial charge on any atom is 0.522 e. The lowest BCUT2D eigenvalue weighted by atomic mass is 10.2. The van der Waals surface area contributed by atoms with E-state index in [9.17, 15) is 22.8 Å². The van der Waals surface area contributed by atoms with Gasteiger partial charge in [-0.25, -0.2) is 0 Å². The van der Waals surface area contributed by atoms with Gasteiger partial charge in [0.05, 0.1) is 7.11 Å². The lowest BCUT2D eigenvalue weighted by Gasteiger charge is -2.08. The molecule has 0 fully saturated rings. The number of alkyl halides is 3. The van der Waals surface area contributed by atoms with Crippen molar-refractivity contribution in [1.29, 1.82) is 0 Å². The van der Waals surface area contributed by atoms with E-state index in [2.05, 4.69) is 4.74 Å². The van der Waals surface area contributed by atoms with Gasteiger partial charge in [0.15, 0.2) is 0 Å². The summed E-state index contributed by atoms with van der Waals surface area (Å²) in [6.07, 6.45) is 2.40. The molecule has 24 heavy (non-hydrogen) atoms. The van der Waals surface area contributed by atoms with Crippen LogP contribution in [0.2, 0.25) is 0 Å². The smallest absolute Gasteiger partial charge is 0.481 e. The Labute approximate surface area is 141 Å². The summed E-state index contributed by atoms with van der Waals surface area (Å²) in [4.78, 5) is 21.1. The van der Waals surface area contributed by atoms with E-state index in [0.29, 0.717) is 12.8 Å². The Morgan fingerprint density at radius 3 is 2.12 bits per heavy atom. The van der Waals surface area contributed by atoms with Crippen molar-refractivity contribution in [2.75, 3.05) is 18.6 Å². The third-order valence-electron chi connectivity index (χ3n) is 2.30. The number of unbranched alkanes of at least 4 members (excludes halogenated alkanes) is 1. The van der Waals surface area contributed by atoms with Gasteiger partial charge in [-0.1, -0.05) is 0 Å². The van der Waals surface area contributed by atoms with Crippen molar-refractivity contribution in [2.24, 2.45) is 5.73 Å². The summed E-state index contributed by atoms with van der Waals surface area (Å²) >= 11 is 1.68. The summed E-state index contributed by atoms with van der Waals surface area (Å²) in [6, 6.07) is -0.545. The lowest BCUT2D eigenvalue weighted by Crippen LogP contribution is -2.32. The highest BCUT2D eigenvalue weighted by atomic mass is 32.2. The number of hydrogen-bond donors (Lipinski definition) is 3. The number of rotatable bonds is 9. The number of aliphatic carboxylic acids is 1. The highest BCUT2D eigenvalue weighted by Gasteiger charge is 2.44. The van der Waals surface area contributed by atoms with Crippen LogP contribution >= 0.6 is 11.8 Å². The fraction of sp³-hybridized carbons (Fsp3) is 0.818. The van der Waals surface area contributed by atoms with E-state index in [1.54, 1.807) is 11.8 Å². The molecule has 0 rings (SSSR count). The van der Waals surface area contributed by atoms with Gasteiger partial charge in [0.2, 0.25) is 0 Å². The second kappa shape index (κ2) is 12.3. The van der Waals surface area contributed by atoms with Crippen molar-refractivity contribution >= 4 is 33.8 Å². The zero-order valence-electron chi connectivity index (χ0n) is 12.8. The zero-order valence-corrected chi connectivity index (χ0v) is 14.4. The van der Waals surface area contributed by atoms with Crippen LogP contribution in [0.15, 0.2) is 0 Å². The predicted octanol–water partition coefficient (Wildman–Crippen LogP) is 1.26. The molecule has 0 aliphatic heterocycles. The minimum atomic E-state index is -5.84. The lowest BCUT2D eigenvalue weighted by molar-refractivity contribution is -0.142. The van der Waals surface area contributed by atoms with Crippen LogP contribution in [0.3, 0.4) is 0 Å². The predicted molar refractivity (Wildman–Crippen MR) is 81.0 cm³/mol. The number of carbonyl (C=O) groups excluding carboxylic acids is 1. The third kappa shape index (κ3) is 14.5. The number of halogens is 3. The van der Waals surface area contributed by atoms with Gasteiger partial charge in [0, 0.05) is 6.42 Å². The number of hydrogen-bond acceptors (Lipinski definition) is 7. The summed E-state index contributed by atoms with van der Waals surface area (Å²) in [6.45, 7) is 0. The number of carbonyl (C=O) groups is 2. The van der Waals surface area contributed by atoms with Crippen LogP contribution < -0.4 is 5.73 Å². The van der Waals surface area contributed by atoms with Gasteiger partial charge in [-0.3, -0.25) is 14.1 Å². The topological polar surface area (TPSA) is 144 Å². The Bertz CT molecular complexity index is 482. The Balaban J connectivity index is 0.